The molecule has 1 aromatic carbocycles. The molecule has 0 bridgehead atoms. The first-order chi connectivity index (χ1) is 10.4. The summed E-state index contributed by atoms with van der Waals surface area (Å²) >= 11 is 6.14. The van der Waals surface area contributed by atoms with Crippen molar-refractivity contribution in [1.82, 2.24) is 9.88 Å². The Morgan fingerprint density at radius 3 is 2.55 bits per heavy atom. The Morgan fingerprint density at radius 2 is 1.91 bits per heavy atom. The first kappa shape index (κ1) is 14.2. The van der Waals surface area contributed by atoms with Crippen LogP contribution in [0.3, 0.4) is 0 Å². The number of aromatic nitrogens is 1. The van der Waals surface area contributed by atoms with Gasteiger partial charge in [0, 0.05) is 12.1 Å². The number of nitrogen functional groups attached to an aromatic ring is 1. The smallest absolute Gasteiger partial charge is 0.262 e. The summed E-state index contributed by atoms with van der Waals surface area (Å²) in [5.41, 5.74) is 5.58. The van der Waals surface area contributed by atoms with Gasteiger partial charge in [-0.15, -0.1) is 0 Å². The molecular weight excluding hydrogens is 310 g/mol. The minimum absolute atomic E-state index is 0.0310. The lowest BCUT2D eigenvalue weighted by Crippen LogP contribution is -2.24. The molecule has 2 aromatic rings. The summed E-state index contributed by atoms with van der Waals surface area (Å²) in [6, 6.07) is 5.72. The number of ether oxygens (including phenoxy) is 1. The Morgan fingerprint density at radius 1 is 1.18 bits per heavy atom. The molecule has 2 amide bonds. The second-order valence-electron chi connectivity index (χ2n) is 4.59. The number of benzene rings is 1. The van der Waals surface area contributed by atoms with Gasteiger partial charge in [0.2, 0.25) is 0 Å². The highest BCUT2D eigenvalue weighted by molar-refractivity contribution is 6.32. The number of pyridine rings is 1. The summed E-state index contributed by atoms with van der Waals surface area (Å²) in [5, 5.41) is 2.32. The minimum Gasteiger partial charge on any atom is -0.497 e. The van der Waals surface area contributed by atoms with E-state index in [0.29, 0.717) is 11.4 Å². The summed E-state index contributed by atoms with van der Waals surface area (Å²) in [6.45, 7) is 0. The van der Waals surface area contributed by atoms with Gasteiger partial charge in [-0.1, -0.05) is 11.6 Å². The number of carbonyl (C=O) groups is 2. The van der Waals surface area contributed by atoms with Crippen molar-refractivity contribution in [1.29, 1.82) is 0 Å². The van der Waals surface area contributed by atoms with Crippen LogP contribution >= 0.6 is 11.6 Å². The summed E-state index contributed by atoms with van der Waals surface area (Å²) in [7, 11) is 1.48. The lowest BCUT2D eigenvalue weighted by molar-refractivity contribution is 0.0880. The third kappa shape index (κ3) is 1.94. The van der Waals surface area contributed by atoms with Gasteiger partial charge in [-0.05, 0) is 12.1 Å². The topological polar surface area (TPSA) is 103 Å². The molecule has 0 saturated carbocycles. The zero-order chi connectivity index (χ0) is 16.0. The van der Waals surface area contributed by atoms with Crippen molar-refractivity contribution in [2.45, 2.75) is 0 Å². The maximum atomic E-state index is 12.3. The van der Waals surface area contributed by atoms with E-state index in [9.17, 15) is 14.4 Å². The molecule has 0 radical (unpaired) electrons. The minimum atomic E-state index is -0.643. The van der Waals surface area contributed by atoms with Gasteiger partial charge in [0.15, 0.2) is 0 Å². The largest absolute Gasteiger partial charge is 0.497 e. The number of nitrogens with zero attached hydrogens (tertiary/aromatic N) is 1. The third-order valence-electron chi connectivity index (χ3n) is 3.35. The summed E-state index contributed by atoms with van der Waals surface area (Å²) in [6.07, 6.45) is 0. The standard InChI is InChI=1S/C14H10ClN3O4/c1-22-6-2-3-9(8(15)4-6)18-10(19)5-7-11(12(18)16)14(21)17-13(7)20/h2-5H,16H2,1H3,(H,17,20,21). The van der Waals surface area contributed by atoms with E-state index in [1.807, 2.05) is 0 Å². The molecule has 0 atom stereocenters. The van der Waals surface area contributed by atoms with E-state index in [2.05, 4.69) is 5.32 Å². The number of nitrogens with one attached hydrogen (secondary N) is 1. The summed E-state index contributed by atoms with van der Waals surface area (Å²) < 4.78 is 6.12. The van der Waals surface area contributed by atoms with Crippen LogP contribution in [0.5, 0.6) is 5.75 Å². The number of hydrogen-bond donors (Lipinski definition) is 2. The van der Waals surface area contributed by atoms with E-state index in [-0.39, 0.29) is 22.0 Å². The first-order valence-electron chi connectivity index (χ1n) is 6.19. The van der Waals surface area contributed by atoms with Crippen LogP contribution in [0.15, 0.2) is 29.1 Å². The molecule has 1 aliphatic heterocycles. The van der Waals surface area contributed by atoms with Crippen LogP contribution in [-0.4, -0.2) is 23.5 Å². The highest BCUT2D eigenvalue weighted by Gasteiger charge is 2.32. The second kappa shape index (κ2) is 4.88. The molecule has 0 fully saturated rings. The monoisotopic (exact) mass is 319 g/mol. The number of halogens is 1. The highest BCUT2D eigenvalue weighted by Crippen LogP contribution is 2.29. The molecule has 8 heteroatoms. The van der Waals surface area contributed by atoms with Crippen LogP contribution in [-0.2, 0) is 0 Å². The fraction of sp³-hybridized carbons (Fsp3) is 0.0714. The molecule has 0 aliphatic carbocycles. The Labute approximate surface area is 129 Å². The number of nitrogens with two attached hydrogens (primary N) is 1. The van der Waals surface area contributed by atoms with E-state index in [4.69, 9.17) is 22.1 Å². The maximum absolute atomic E-state index is 12.3. The average Bonchev–Trinajstić information content (AvgIpc) is 2.75. The fourth-order valence-electron chi connectivity index (χ4n) is 2.32. The number of carbonyl (C=O) groups excluding carboxylic acids is 2. The average molecular weight is 320 g/mol. The predicted molar refractivity (Wildman–Crippen MR) is 79.8 cm³/mol. The van der Waals surface area contributed by atoms with E-state index >= 15 is 0 Å². The Kier molecular flexibility index (Phi) is 3.14. The lowest BCUT2D eigenvalue weighted by atomic mass is 10.1. The van der Waals surface area contributed by atoms with Gasteiger partial charge >= 0.3 is 0 Å². The van der Waals surface area contributed by atoms with Gasteiger partial charge in [0.25, 0.3) is 17.4 Å². The summed E-state index contributed by atoms with van der Waals surface area (Å²) in [5.74, 6) is -0.917. The van der Waals surface area contributed by atoms with E-state index < -0.39 is 17.4 Å². The van der Waals surface area contributed by atoms with E-state index in [1.54, 1.807) is 12.1 Å². The van der Waals surface area contributed by atoms with Gasteiger partial charge in [-0.2, -0.15) is 0 Å². The van der Waals surface area contributed by atoms with Crippen molar-refractivity contribution < 1.29 is 14.3 Å². The predicted octanol–water partition coefficient (Wildman–Crippen LogP) is 0.965. The highest BCUT2D eigenvalue weighted by atomic mass is 35.5. The SMILES string of the molecule is COc1ccc(-n2c(N)c3c(cc2=O)C(=O)NC3=O)c(Cl)c1. The lowest BCUT2D eigenvalue weighted by Gasteiger charge is -2.13. The molecule has 7 nitrogen and oxygen atoms in total. The number of fused-ring (bicyclic) bond motifs is 1. The van der Waals surface area contributed by atoms with Crippen LogP contribution in [0.2, 0.25) is 5.02 Å². The number of imide groups is 1. The number of anilines is 1. The number of amides is 2. The van der Waals surface area contributed by atoms with Gasteiger partial charge < -0.3 is 10.5 Å². The Hall–Kier alpha value is -2.80. The van der Waals surface area contributed by atoms with Crippen molar-refractivity contribution in [2.24, 2.45) is 0 Å². The zero-order valence-corrected chi connectivity index (χ0v) is 12.1. The fourth-order valence-corrected chi connectivity index (χ4v) is 2.58. The molecule has 1 aliphatic rings. The van der Waals surface area contributed by atoms with Gasteiger partial charge in [0.05, 0.1) is 28.9 Å². The van der Waals surface area contributed by atoms with Crippen molar-refractivity contribution >= 4 is 29.2 Å². The van der Waals surface area contributed by atoms with Gasteiger partial charge in [-0.3, -0.25) is 24.3 Å². The van der Waals surface area contributed by atoms with Crippen LogP contribution < -0.4 is 21.3 Å². The molecule has 0 unspecified atom stereocenters. The maximum Gasteiger partial charge on any atom is 0.262 e. The zero-order valence-electron chi connectivity index (χ0n) is 11.3. The number of rotatable bonds is 2. The normalized spacial score (nSPS) is 13.0. The molecule has 3 rings (SSSR count). The van der Waals surface area contributed by atoms with Crippen molar-refractivity contribution in [3.8, 4) is 11.4 Å². The number of hydrogen-bond acceptors (Lipinski definition) is 5. The number of methoxy groups -OCH3 is 1. The van der Waals surface area contributed by atoms with Crippen LogP contribution in [0.4, 0.5) is 5.82 Å². The van der Waals surface area contributed by atoms with Crippen LogP contribution in [0.25, 0.3) is 5.69 Å². The molecule has 1 aromatic heterocycles. The van der Waals surface area contributed by atoms with Gasteiger partial charge in [-0.25, -0.2) is 0 Å². The Bertz CT molecular complexity index is 888. The van der Waals surface area contributed by atoms with Crippen molar-refractivity contribution in [3.05, 3.63) is 50.8 Å². The van der Waals surface area contributed by atoms with Crippen molar-refractivity contribution in [2.75, 3.05) is 12.8 Å². The molecule has 2 heterocycles. The van der Waals surface area contributed by atoms with Gasteiger partial charge in [0.1, 0.15) is 11.6 Å². The quantitative estimate of drug-likeness (QED) is 0.803. The molecule has 22 heavy (non-hydrogen) atoms. The molecule has 112 valence electrons. The first-order valence-corrected chi connectivity index (χ1v) is 6.57. The third-order valence-corrected chi connectivity index (χ3v) is 3.65. The molecular formula is C14H10ClN3O4. The Balaban J connectivity index is 2.30. The van der Waals surface area contributed by atoms with Crippen LogP contribution in [0, 0.1) is 0 Å². The summed E-state index contributed by atoms with van der Waals surface area (Å²) in [4.78, 5) is 35.7. The van der Waals surface area contributed by atoms with Crippen molar-refractivity contribution in [3.63, 3.8) is 0 Å². The molecule has 0 spiro atoms. The molecule has 0 saturated heterocycles. The van der Waals surface area contributed by atoms with E-state index in [0.717, 1.165) is 10.6 Å². The van der Waals surface area contributed by atoms with Crippen LogP contribution in [0.1, 0.15) is 20.7 Å². The second-order valence-corrected chi connectivity index (χ2v) is 5.00. The molecule has 3 N–H and O–H groups in total. The van der Waals surface area contributed by atoms with E-state index in [1.165, 1.54) is 13.2 Å².